The van der Waals surface area contributed by atoms with E-state index in [2.05, 4.69) is 10.3 Å². The normalized spacial score (nSPS) is 10.7. The third-order valence-electron chi connectivity index (χ3n) is 4.98. The summed E-state index contributed by atoms with van der Waals surface area (Å²) in [6.07, 6.45) is 0. The van der Waals surface area contributed by atoms with Gasteiger partial charge in [0.1, 0.15) is 36.2 Å². The summed E-state index contributed by atoms with van der Waals surface area (Å²) in [7, 11) is 0. The average Bonchev–Trinajstić information content (AvgIpc) is 3.17. The molecule has 1 aromatic heterocycles. The van der Waals surface area contributed by atoms with Crippen LogP contribution in [0.4, 0.5) is 5.69 Å². The molecule has 0 spiro atoms. The van der Waals surface area contributed by atoms with Crippen molar-refractivity contribution in [2.45, 2.75) is 27.0 Å². The molecule has 1 N–H and O–H groups in total. The molecule has 0 saturated carbocycles. The van der Waals surface area contributed by atoms with Crippen molar-refractivity contribution in [1.29, 1.82) is 0 Å². The van der Waals surface area contributed by atoms with Crippen LogP contribution < -0.4 is 19.5 Å². The highest BCUT2D eigenvalue weighted by molar-refractivity contribution is 5.93. The van der Waals surface area contributed by atoms with Crippen molar-refractivity contribution in [1.82, 2.24) is 9.55 Å². The van der Waals surface area contributed by atoms with E-state index in [1.807, 2.05) is 79.1 Å². The lowest BCUT2D eigenvalue weighted by molar-refractivity contribution is -0.116. The fraction of sp³-hybridized carbons (Fsp3) is 0.231. The van der Waals surface area contributed by atoms with Gasteiger partial charge in [-0.15, -0.1) is 0 Å². The predicted molar refractivity (Wildman–Crippen MR) is 128 cm³/mol. The van der Waals surface area contributed by atoms with Gasteiger partial charge in [-0.3, -0.25) is 4.79 Å². The predicted octanol–water partition coefficient (Wildman–Crippen LogP) is 5.05. The van der Waals surface area contributed by atoms with Gasteiger partial charge >= 0.3 is 0 Å². The van der Waals surface area contributed by atoms with E-state index in [1.54, 1.807) is 12.1 Å². The molecule has 0 bridgehead atoms. The second-order valence-corrected chi connectivity index (χ2v) is 7.28. The van der Waals surface area contributed by atoms with Gasteiger partial charge in [0.15, 0.2) is 0 Å². The van der Waals surface area contributed by atoms with Crippen LogP contribution in [0.3, 0.4) is 0 Å². The Hall–Kier alpha value is -4.00. The number of carbonyl (C=O) groups excluding carboxylic acids is 1. The lowest BCUT2D eigenvalue weighted by Crippen LogP contribution is -2.21. The second-order valence-electron chi connectivity index (χ2n) is 7.28. The molecule has 0 aliphatic rings. The standard InChI is InChI=1S/C26H27N3O4/c1-3-31-20-14-15-24(32-4-2)22(16-20)28-26(30)17-29-23-13-9-8-12-21(23)27-25(29)18-33-19-10-6-5-7-11-19/h5-16H,3-4,17-18H2,1-2H3,(H,28,30). The minimum atomic E-state index is -0.200. The van der Waals surface area contributed by atoms with E-state index in [4.69, 9.17) is 14.2 Å². The smallest absolute Gasteiger partial charge is 0.244 e. The summed E-state index contributed by atoms with van der Waals surface area (Å²) in [5.41, 5.74) is 2.25. The first kappa shape index (κ1) is 22.2. The largest absolute Gasteiger partial charge is 0.494 e. The van der Waals surface area contributed by atoms with E-state index in [1.165, 1.54) is 0 Å². The van der Waals surface area contributed by atoms with Gasteiger partial charge in [-0.2, -0.15) is 0 Å². The Morgan fingerprint density at radius 3 is 2.42 bits per heavy atom. The number of carbonyl (C=O) groups is 1. The molecule has 0 unspecified atom stereocenters. The van der Waals surface area contributed by atoms with Crippen molar-refractivity contribution in [2.75, 3.05) is 18.5 Å². The molecular formula is C26H27N3O4. The number of aromatic nitrogens is 2. The zero-order valence-electron chi connectivity index (χ0n) is 18.8. The Kier molecular flexibility index (Phi) is 7.09. The Labute approximate surface area is 192 Å². The van der Waals surface area contributed by atoms with Gasteiger partial charge in [-0.1, -0.05) is 30.3 Å². The quantitative estimate of drug-likeness (QED) is 0.370. The molecular weight excluding hydrogens is 418 g/mol. The van der Waals surface area contributed by atoms with Crippen LogP contribution in [0, 0.1) is 0 Å². The van der Waals surface area contributed by atoms with Crippen molar-refractivity contribution in [2.24, 2.45) is 0 Å². The molecule has 170 valence electrons. The number of nitrogens with zero attached hydrogens (tertiary/aromatic N) is 2. The second kappa shape index (κ2) is 10.5. The lowest BCUT2D eigenvalue weighted by Gasteiger charge is -2.15. The highest BCUT2D eigenvalue weighted by Gasteiger charge is 2.16. The first-order valence-corrected chi connectivity index (χ1v) is 11.0. The van der Waals surface area contributed by atoms with Crippen LogP contribution in [0.25, 0.3) is 11.0 Å². The molecule has 0 saturated heterocycles. The summed E-state index contributed by atoms with van der Waals surface area (Å²) < 4.78 is 19.0. The van der Waals surface area contributed by atoms with Gasteiger partial charge in [0.25, 0.3) is 0 Å². The summed E-state index contributed by atoms with van der Waals surface area (Å²) in [5.74, 6) is 2.48. The number of amides is 1. The summed E-state index contributed by atoms with van der Waals surface area (Å²) in [6, 6.07) is 22.7. The minimum Gasteiger partial charge on any atom is -0.494 e. The number of fused-ring (bicyclic) bond motifs is 1. The van der Waals surface area contributed by atoms with Crippen LogP contribution in [-0.2, 0) is 17.9 Å². The van der Waals surface area contributed by atoms with E-state index < -0.39 is 0 Å². The highest BCUT2D eigenvalue weighted by atomic mass is 16.5. The fourth-order valence-electron chi connectivity index (χ4n) is 3.55. The summed E-state index contributed by atoms with van der Waals surface area (Å²) in [5, 5.41) is 2.96. The van der Waals surface area contributed by atoms with Crippen molar-refractivity contribution < 1.29 is 19.0 Å². The van der Waals surface area contributed by atoms with Crippen LogP contribution >= 0.6 is 0 Å². The van der Waals surface area contributed by atoms with Crippen molar-refractivity contribution in [3.63, 3.8) is 0 Å². The van der Waals surface area contributed by atoms with E-state index >= 15 is 0 Å². The van der Waals surface area contributed by atoms with Crippen LogP contribution in [0.2, 0.25) is 0 Å². The highest BCUT2D eigenvalue weighted by Crippen LogP contribution is 2.29. The molecule has 7 heteroatoms. The number of imidazole rings is 1. The first-order valence-electron chi connectivity index (χ1n) is 11.0. The molecule has 0 atom stereocenters. The van der Waals surface area contributed by atoms with E-state index in [9.17, 15) is 4.79 Å². The van der Waals surface area contributed by atoms with Gasteiger partial charge in [0.2, 0.25) is 5.91 Å². The zero-order chi connectivity index (χ0) is 23.0. The molecule has 0 aliphatic carbocycles. The topological polar surface area (TPSA) is 74.6 Å². The monoisotopic (exact) mass is 445 g/mol. The third kappa shape index (κ3) is 5.44. The number of ether oxygens (including phenoxy) is 3. The van der Waals surface area contributed by atoms with Gasteiger partial charge in [0, 0.05) is 6.07 Å². The van der Waals surface area contributed by atoms with E-state index in [0.717, 1.165) is 16.8 Å². The van der Waals surface area contributed by atoms with E-state index in [0.29, 0.717) is 36.2 Å². The molecule has 7 nitrogen and oxygen atoms in total. The summed E-state index contributed by atoms with van der Waals surface area (Å²) in [6.45, 7) is 5.17. The molecule has 1 amide bonds. The van der Waals surface area contributed by atoms with Gasteiger partial charge in [0.05, 0.1) is 29.9 Å². The number of para-hydroxylation sites is 3. The number of anilines is 1. The maximum absolute atomic E-state index is 13.1. The van der Waals surface area contributed by atoms with Crippen molar-refractivity contribution in [3.05, 3.63) is 78.6 Å². The van der Waals surface area contributed by atoms with Crippen molar-refractivity contribution in [3.8, 4) is 17.2 Å². The third-order valence-corrected chi connectivity index (χ3v) is 4.98. The van der Waals surface area contributed by atoms with Gasteiger partial charge in [-0.25, -0.2) is 4.98 Å². The number of rotatable bonds is 10. The number of hydrogen-bond acceptors (Lipinski definition) is 5. The molecule has 1 heterocycles. The summed E-state index contributed by atoms with van der Waals surface area (Å²) in [4.78, 5) is 17.8. The molecule has 4 aromatic rings. The molecule has 0 aliphatic heterocycles. The minimum absolute atomic E-state index is 0.0818. The fourth-order valence-corrected chi connectivity index (χ4v) is 3.55. The van der Waals surface area contributed by atoms with Gasteiger partial charge in [-0.05, 0) is 50.2 Å². The first-order chi connectivity index (χ1) is 16.2. The Bertz CT molecular complexity index is 1220. The molecule has 3 aromatic carbocycles. The zero-order valence-corrected chi connectivity index (χ0v) is 18.8. The van der Waals surface area contributed by atoms with Crippen LogP contribution in [-0.4, -0.2) is 28.7 Å². The number of nitrogens with one attached hydrogen (secondary N) is 1. The summed E-state index contributed by atoms with van der Waals surface area (Å²) >= 11 is 0. The molecule has 4 rings (SSSR count). The molecule has 0 fully saturated rings. The maximum atomic E-state index is 13.1. The Morgan fingerprint density at radius 1 is 0.879 bits per heavy atom. The number of hydrogen-bond donors (Lipinski definition) is 1. The van der Waals surface area contributed by atoms with Crippen LogP contribution in [0.5, 0.6) is 17.2 Å². The van der Waals surface area contributed by atoms with Crippen LogP contribution in [0.15, 0.2) is 72.8 Å². The van der Waals surface area contributed by atoms with Gasteiger partial charge < -0.3 is 24.1 Å². The molecule has 33 heavy (non-hydrogen) atoms. The SMILES string of the molecule is CCOc1ccc(OCC)c(NC(=O)Cn2c(COc3ccccc3)nc3ccccc32)c1. The number of benzene rings is 3. The lowest BCUT2D eigenvalue weighted by atomic mass is 10.2. The van der Waals surface area contributed by atoms with Crippen molar-refractivity contribution >= 4 is 22.6 Å². The van der Waals surface area contributed by atoms with Crippen LogP contribution in [0.1, 0.15) is 19.7 Å². The Morgan fingerprint density at radius 2 is 1.64 bits per heavy atom. The maximum Gasteiger partial charge on any atom is 0.244 e. The van der Waals surface area contributed by atoms with E-state index in [-0.39, 0.29) is 19.1 Å². The average molecular weight is 446 g/mol. The molecule has 0 radical (unpaired) electrons. The Balaban J connectivity index is 1.57.